The van der Waals surface area contributed by atoms with Gasteiger partial charge in [0.1, 0.15) is 17.9 Å². The van der Waals surface area contributed by atoms with Crippen molar-refractivity contribution in [3.8, 4) is 5.75 Å². The lowest BCUT2D eigenvalue weighted by atomic mass is 10.1. The third kappa shape index (κ3) is 5.17. The van der Waals surface area contributed by atoms with E-state index in [0.717, 1.165) is 5.56 Å². The van der Waals surface area contributed by atoms with Crippen molar-refractivity contribution in [2.75, 3.05) is 13.1 Å². The van der Waals surface area contributed by atoms with E-state index in [4.69, 9.17) is 27.9 Å². The molecule has 190 valence electrons. The van der Waals surface area contributed by atoms with E-state index in [2.05, 4.69) is 4.98 Å². The SMILES string of the molecule is O=C(c1cccc(Cl)c1Cl)N1CCC(S(=O)(=O)c2ccc(OCc3ccccc3)c3ncccc23)CC1. The van der Waals surface area contributed by atoms with Crippen LogP contribution in [-0.2, 0) is 16.4 Å². The normalized spacial score (nSPS) is 14.6. The first-order valence-electron chi connectivity index (χ1n) is 11.9. The van der Waals surface area contributed by atoms with Gasteiger partial charge < -0.3 is 9.64 Å². The van der Waals surface area contributed by atoms with E-state index >= 15 is 0 Å². The lowest BCUT2D eigenvalue weighted by Crippen LogP contribution is -2.42. The number of ether oxygens (including phenoxy) is 1. The smallest absolute Gasteiger partial charge is 0.255 e. The minimum atomic E-state index is -3.68. The number of rotatable bonds is 6. The van der Waals surface area contributed by atoms with Gasteiger partial charge in [0.25, 0.3) is 5.91 Å². The molecule has 0 bridgehead atoms. The molecule has 6 nitrogen and oxygen atoms in total. The summed E-state index contributed by atoms with van der Waals surface area (Å²) < 4.78 is 33.5. The third-order valence-corrected chi connectivity index (χ3v) is 9.72. The van der Waals surface area contributed by atoms with E-state index in [1.807, 2.05) is 30.3 Å². The quantitative estimate of drug-likeness (QED) is 0.283. The van der Waals surface area contributed by atoms with Gasteiger partial charge in [0, 0.05) is 24.7 Å². The fourth-order valence-electron chi connectivity index (χ4n) is 4.61. The Hall–Kier alpha value is -3.13. The van der Waals surface area contributed by atoms with Crippen molar-refractivity contribution in [3.05, 3.63) is 100 Å². The fourth-order valence-corrected chi connectivity index (χ4v) is 6.91. The van der Waals surface area contributed by atoms with E-state index < -0.39 is 15.1 Å². The predicted octanol–water partition coefficient (Wildman–Crippen LogP) is 6.20. The second-order valence-corrected chi connectivity index (χ2v) is 11.9. The molecule has 0 radical (unpaired) electrons. The highest BCUT2D eigenvalue weighted by atomic mass is 35.5. The van der Waals surface area contributed by atoms with Crippen LogP contribution >= 0.6 is 23.2 Å². The zero-order chi connectivity index (χ0) is 26.0. The summed E-state index contributed by atoms with van der Waals surface area (Å²) in [6.07, 6.45) is 2.26. The minimum absolute atomic E-state index is 0.206. The van der Waals surface area contributed by atoms with Crippen LogP contribution in [0.3, 0.4) is 0 Å². The molecule has 1 aromatic heterocycles. The number of nitrogens with zero attached hydrogens (tertiary/aromatic N) is 2. The van der Waals surface area contributed by atoms with Gasteiger partial charge in [-0.1, -0.05) is 59.6 Å². The van der Waals surface area contributed by atoms with Gasteiger partial charge in [-0.3, -0.25) is 9.78 Å². The Balaban J connectivity index is 1.35. The van der Waals surface area contributed by atoms with Gasteiger partial charge in [-0.2, -0.15) is 0 Å². The lowest BCUT2D eigenvalue weighted by molar-refractivity contribution is 0.0726. The lowest BCUT2D eigenvalue weighted by Gasteiger charge is -2.32. The molecule has 0 unspecified atom stereocenters. The van der Waals surface area contributed by atoms with Crippen molar-refractivity contribution in [1.82, 2.24) is 9.88 Å². The second-order valence-electron chi connectivity index (χ2n) is 8.87. The number of benzene rings is 3. The van der Waals surface area contributed by atoms with Crippen LogP contribution in [0.25, 0.3) is 10.9 Å². The van der Waals surface area contributed by atoms with Crippen LogP contribution in [0.2, 0.25) is 10.0 Å². The molecular weight excluding hydrogens is 531 g/mol. The molecule has 3 aromatic carbocycles. The van der Waals surface area contributed by atoms with Crippen molar-refractivity contribution < 1.29 is 17.9 Å². The second kappa shape index (κ2) is 10.7. The predicted molar refractivity (Wildman–Crippen MR) is 145 cm³/mol. The molecule has 1 fully saturated rings. The summed E-state index contributed by atoms with van der Waals surface area (Å²) in [6.45, 7) is 0.960. The molecule has 4 aromatic rings. The van der Waals surface area contributed by atoms with Crippen LogP contribution in [0.1, 0.15) is 28.8 Å². The van der Waals surface area contributed by atoms with Crippen molar-refractivity contribution in [1.29, 1.82) is 0 Å². The molecule has 9 heteroatoms. The molecule has 0 aliphatic carbocycles. The van der Waals surface area contributed by atoms with Crippen LogP contribution in [0.15, 0.2) is 83.9 Å². The van der Waals surface area contributed by atoms with Crippen molar-refractivity contribution in [2.45, 2.75) is 29.6 Å². The number of halogens is 2. The summed E-state index contributed by atoms with van der Waals surface area (Å²) in [5, 5.41) is 0.419. The van der Waals surface area contributed by atoms with E-state index in [9.17, 15) is 13.2 Å². The molecule has 2 heterocycles. The molecule has 0 spiro atoms. The maximum Gasteiger partial charge on any atom is 0.255 e. The van der Waals surface area contributed by atoms with Crippen LogP contribution in [0, 0.1) is 0 Å². The molecule has 0 atom stereocenters. The zero-order valence-corrected chi connectivity index (χ0v) is 22.1. The summed E-state index contributed by atoms with van der Waals surface area (Å²) in [4.78, 5) is 19.3. The molecular formula is C28H24Cl2N2O4S. The van der Waals surface area contributed by atoms with Crippen molar-refractivity contribution in [3.63, 3.8) is 0 Å². The Kier molecular flexibility index (Phi) is 7.38. The van der Waals surface area contributed by atoms with E-state index in [1.54, 1.807) is 53.6 Å². The number of piperidine rings is 1. The first-order chi connectivity index (χ1) is 17.9. The molecule has 5 rings (SSSR count). The average molecular weight is 555 g/mol. The Bertz CT molecular complexity index is 1550. The Morgan fingerprint density at radius 2 is 1.70 bits per heavy atom. The van der Waals surface area contributed by atoms with Crippen LogP contribution in [0.4, 0.5) is 0 Å². The number of aromatic nitrogens is 1. The molecule has 1 aliphatic heterocycles. The summed E-state index contributed by atoms with van der Waals surface area (Å²) in [6, 6.07) is 21.4. The highest BCUT2D eigenvalue weighted by molar-refractivity contribution is 7.92. The number of carbonyl (C=O) groups excluding carboxylic acids is 1. The van der Waals surface area contributed by atoms with Crippen LogP contribution in [0.5, 0.6) is 5.75 Å². The van der Waals surface area contributed by atoms with Crippen LogP contribution < -0.4 is 4.74 Å². The molecule has 37 heavy (non-hydrogen) atoms. The highest BCUT2D eigenvalue weighted by Crippen LogP contribution is 2.35. The van der Waals surface area contributed by atoms with Gasteiger partial charge in [0.15, 0.2) is 9.84 Å². The van der Waals surface area contributed by atoms with E-state index in [0.29, 0.717) is 59.8 Å². The van der Waals surface area contributed by atoms with E-state index in [-0.39, 0.29) is 15.8 Å². The molecule has 1 aliphatic rings. The van der Waals surface area contributed by atoms with Gasteiger partial charge in [-0.05, 0) is 54.8 Å². The highest BCUT2D eigenvalue weighted by Gasteiger charge is 2.34. The summed E-state index contributed by atoms with van der Waals surface area (Å²) in [5.74, 6) is 0.273. The molecule has 1 amide bonds. The van der Waals surface area contributed by atoms with Gasteiger partial charge in [-0.25, -0.2) is 8.42 Å². The molecule has 0 saturated carbocycles. The van der Waals surface area contributed by atoms with E-state index in [1.165, 1.54) is 0 Å². The third-order valence-electron chi connectivity index (χ3n) is 6.59. The van der Waals surface area contributed by atoms with Crippen molar-refractivity contribution in [2.24, 2.45) is 0 Å². The molecule has 0 N–H and O–H groups in total. The number of hydrogen-bond acceptors (Lipinski definition) is 5. The number of fused-ring (bicyclic) bond motifs is 1. The van der Waals surface area contributed by atoms with Gasteiger partial charge in [0.05, 0.1) is 25.8 Å². The van der Waals surface area contributed by atoms with Gasteiger partial charge in [0.2, 0.25) is 0 Å². The van der Waals surface area contributed by atoms with Crippen LogP contribution in [-0.4, -0.2) is 42.5 Å². The number of pyridine rings is 1. The summed E-state index contributed by atoms with van der Waals surface area (Å²) >= 11 is 12.3. The van der Waals surface area contributed by atoms with Gasteiger partial charge in [-0.15, -0.1) is 0 Å². The number of carbonyl (C=O) groups is 1. The topological polar surface area (TPSA) is 76.6 Å². The Labute approximate surface area is 225 Å². The number of sulfone groups is 1. The average Bonchev–Trinajstić information content (AvgIpc) is 2.93. The summed E-state index contributed by atoms with van der Waals surface area (Å²) in [7, 11) is -3.68. The first-order valence-corrected chi connectivity index (χ1v) is 14.2. The first kappa shape index (κ1) is 25.5. The number of amides is 1. The van der Waals surface area contributed by atoms with Gasteiger partial charge >= 0.3 is 0 Å². The standard InChI is InChI=1S/C28H24Cl2N2O4S/c29-23-10-4-8-22(26(23)30)28(33)32-16-13-20(14-17-32)37(34,35)25-12-11-24(27-21(25)9-5-15-31-27)36-18-19-6-2-1-3-7-19/h1-12,15,20H,13-14,16-18H2. The van der Waals surface area contributed by atoms with Crippen molar-refractivity contribution >= 4 is 49.8 Å². The monoisotopic (exact) mass is 554 g/mol. The largest absolute Gasteiger partial charge is 0.487 e. The molecule has 1 saturated heterocycles. The Morgan fingerprint density at radius 3 is 2.46 bits per heavy atom. The maximum absolute atomic E-state index is 13.7. The number of likely N-dealkylation sites (tertiary alicyclic amines) is 1. The fraction of sp³-hybridized carbons (Fsp3) is 0.214. The summed E-state index contributed by atoms with van der Waals surface area (Å²) in [5.41, 5.74) is 1.82. The Morgan fingerprint density at radius 1 is 0.946 bits per heavy atom. The zero-order valence-electron chi connectivity index (χ0n) is 19.8. The number of hydrogen-bond donors (Lipinski definition) is 0. The maximum atomic E-state index is 13.7. The minimum Gasteiger partial charge on any atom is -0.487 e.